The average molecular weight is 437 g/mol. The van der Waals surface area contributed by atoms with Gasteiger partial charge in [0.25, 0.3) is 0 Å². The number of nitrogens with zero attached hydrogens (tertiary/aromatic N) is 5. The topological polar surface area (TPSA) is 90.8 Å². The van der Waals surface area contributed by atoms with Crippen molar-refractivity contribution in [3.63, 3.8) is 0 Å². The molecule has 9 heteroatoms. The maximum absolute atomic E-state index is 12.7. The zero-order valence-corrected chi connectivity index (χ0v) is 18.7. The van der Waals surface area contributed by atoms with Crippen LogP contribution in [0.1, 0.15) is 23.9 Å². The van der Waals surface area contributed by atoms with Gasteiger partial charge in [0.1, 0.15) is 0 Å². The number of carbonyl (C=O) groups excluding carboxylic acids is 1. The van der Waals surface area contributed by atoms with Crippen molar-refractivity contribution in [1.82, 2.24) is 24.5 Å². The van der Waals surface area contributed by atoms with Crippen molar-refractivity contribution in [3.8, 4) is 17.3 Å². The minimum Gasteiger partial charge on any atom is -0.461 e. The molecule has 3 aromatic heterocycles. The van der Waals surface area contributed by atoms with E-state index in [1.54, 1.807) is 6.26 Å². The minimum atomic E-state index is -0.121. The van der Waals surface area contributed by atoms with Crippen LogP contribution >= 0.6 is 11.8 Å². The van der Waals surface area contributed by atoms with Crippen molar-refractivity contribution < 1.29 is 9.21 Å². The quantitative estimate of drug-likeness (QED) is 0.432. The van der Waals surface area contributed by atoms with Crippen molar-refractivity contribution >= 4 is 23.4 Å². The number of aromatic nitrogens is 5. The van der Waals surface area contributed by atoms with E-state index in [2.05, 4.69) is 20.6 Å². The van der Waals surface area contributed by atoms with Gasteiger partial charge in [0.2, 0.25) is 5.91 Å². The van der Waals surface area contributed by atoms with E-state index in [1.165, 1.54) is 17.3 Å². The molecule has 160 valence electrons. The van der Waals surface area contributed by atoms with Crippen LogP contribution in [0.3, 0.4) is 0 Å². The van der Waals surface area contributed by atoms with Gasteiger partial charge >= 0.3 is 0 Å². The van der Waals surface area contributed by atoms with Gasteiger partial charge in [0.15, 0.2) is 16.7 Å². The number of thioether (sulfide) groups is 1. The maximum atomic E-state index is 12.7. The fraction of sp³-hybridized carbons (Fsp3) is 0.273. The minimum absolute atomic E-state index is 0.121. The lowest BCUT2D eigenvalue weighted by molar-refractivity contribution is -0.113. The monoisotopic (exact) mass is 436 g/mol. The van der Waals surface area contributed by atoms with Crippen LogP contribution in [0.4, 0.5) is 5.69 Å². The fourth-order valence-electron chi connectivity index (χ4n) is 3.34. The normalized spacial score (nSPS) is 11.1. The summed E-state index contributed by atoms with van der Waals surface area (Å²) in [5, 5.41) is 16.7. The Morgan fingerprint density at radius 1 is 1.13 bits per heavy atom. The summed E-state index contributed by atoms with van der Waals surface area (Å²) in [4.78, 5) is 12.7. The highest BCUT2D eigenvalue weighted by Gasteiger charge is 2.18. The smallest absolute Gasteiger partial charge is 0.234 e. The molecule has 3 heterocycles. The third-order valence-corrected chi connectivity index (χ3v) is 5.91. The van der Waals surface area contributed by atoms with E-state index in [9.17, 15) is 4.79 Å². The zero-order chi connectivity index (χ0) is 22.0. The highest BCUT2D eigenvalue weighted by molar-refractivity contribution is 7.99. The number of hydrogen-bond donors (Lipinski definition) is 1. The Labute approximate surface area is 184 Å². The predicted molar refractivity (Wildman–Crippen MR) is 121 cm³/mol. The van der Waals surface area contributed by atoms with Gasteiger partial charge in [-0.25, -0.2) is 4.68 Å². The molecule has 0 aliphatic rings. The number of hydrogen-bond acceptors (Lipinski definition) is 6. The van der Waals surface area contributed by atoms with Crippen LogP contribution < -0.4 is 5.32 Å². The fourth-order valence-corrected chi connectivity index (χ4v) is 4.14. The molecule has 4 rings (SSSR count). The van der Waals surface area contributed by atoms with E-state index in [0.29, 0.717) is 23.3 Å². The number of furan rings is 1. The Hall–Kier alpha value is -3.33. The van der Waals surface area contributed by atoms with E-state index in [1.807, 2.05) is 73.3 Å². The zero-order valence-electron chi connectivity index (χ0n) is 17.9. The molecular weight excluding hydrogens is 412 g/mol. The lowest BCUT2D eigenvalue weighted by atomic mass is 10.2. The highest BCUT2D eigenvalue weighted by Crippen LogP contribution is 2.26. The van der Waals surface area contributed by atoms with E-state index >= 15 is 0 Å². The number of benzene rings is 1. The number of amides is 1. The summed E-state index contributed by atoms with van der Waals surface area (Å²) in [6.45, 7) is 8.57. The van der Waals surface area contributed by atoms with Crippen LogP contribution in [0.25, 0.3) is 17.3 Å². The highest BCUT2D eigenvalue weighted by atomic mass is 32.2. The Kier molecular flexibility index (Phi) is 5.94. The molecule has 0 saturated heterocycles. The number of nitrogens with one attached hydrogen (secondary N) is 1. The third-order valence-electron chi connectivity index (χ3n) is 4.94. The molecule has 0 radical (unpaired) electrons. The molecule has 1 amide bonds. The van der Waals surface area contributed by atoms with Crippen molar-refractivity contribution in [2.45, 2.75) is 39.4 Å². The Bertz CT molecular complexity index is 1190. The molecule has 0 aliphatic carbocycles. The third kappa shape index (κ3) is 4.27. The molecule has 8 nitrogen and oxygen atoms in total. The van der Waals surface area contributed by atoms with Crippen molar-refractivity contribution in [2.24, 2.45) is 0 Å². The van der Waals surface area contributed by atoms with Crippen molar-refractivity contribution in [1.29, 1.82) is 0 Å². The molecule has 0 aliphatic heterocycles. The maximum Gasteiger partial charge on any atom is 0.234 e. The largest absolute Gasteiger partial charge is 0.461 e. The molecular formula is C22H24N6O2S. The van der Waals surface area contributed by atoms with Crippen LogP contribution in [0, 0.1) is 20.8 Å². The van der Waals surface area contributed by atoms with Gasteiger partial charge in [-0.3, -0.25) is 9.36 Å². The molecule has 0 spiro atoms. The first-order valence-electron chi connectivity index (χ1n) is 10.0. The molecule has 1 aromatic carbocycles. The van der Waals surface area contributed by atoms with Crippen molar-refractivity contribution in [3.05, 3.63) is 59.6 Å². The van der Waals surface area contributed by atoms with Gasteiger partial charge in [0, 0.05) is 6.54 Å². The Morgan fingerprint density at radius 2 is 1.90 bits per heavy atom. The summed E-state index contributed by atoms with van der Waals surface area (Å²) >= 11 is 1.34. The summed E-state index contributed by atoms with van der Waals surface area (Å²) in [5.74, 6) is 1.40. The average Bonchev–Trinajstić information content (AvgIpc) is 3.48. The second-order valence-electron chi connectivity index (χ2n) is 7.16. The van der Waals surface area contributed by atoms with Gasteiger partial charge in [-0.15, -0.1) is 10.2 Å². The standard InChI is InChI=1S/C22H24N6O2S/c1-5-27-21(18-7-6-12-30-18)24-25-22(27)31-13-19(29)23-20-15(3)26-28(16(20)4)17-10-8-14(2)9-11-17/h6-12H,5,13H2,1-4H3,(H,23,29). The molecule has 0 saturated carbocycles. The number of carbonyl (C=O) groups is 1. The predicted octanol–water partition coefficient (Wildman–Crippen LogP) is 4.40. The van der Waals surface area contributed by atoms with Gasteiger partial charge in [-0.2, -0.15) is 5.10 Å². The van der Waals surface area contributed by atoms with Crippen LogP contribution in [-0.2, 0) is 11.3 Å². The number of anilines is 1. The van der Waals surface area contributed by atoms with E-state index < -0.39 is 0 Å². The summed E-state index contributed by atoms with van der Waals surface area (Å²) in [5.41, 5.74) is 4.54. The molecule has 0 bridgehead atoms. The first kappa shape index (κ1) is 20.9. The first-order chi connectivity index (χ1) is 15.0. The van der Waals surface area contributed by atoms with Crippen LogP contribution in [0.5, 0.6) is 0 Å². The Morgan fingerprint density at radius 3 is 2.58 bits per heavy atom. The summed E-state index contributed by atoms with van der Waals surface area (Å²) in [7, 11) is 0. The van der Waals surface area contributed by atoms with Crippen LogP contribution in [0.2, 0.25) is 0 Å². The summed E-state index contributed by atoms with van der Waals surface area (Å²) < 4.78 is 9.21. The molecule has 4 aromatic rings. The van der Waals surface area contributed by atoms with Crippen molar-refractivity contribution in [2.75, 3.05) is 11.1 Å². The molecule has 0 unspecified atom stereocenters. The lowest BCUT2D eigenvalue weighted by Crippen LogP contribution is -2.16. The van der Waals surface area contributed by atoms with Crippen LogP contribution in [0.15, 0.2) is 52.2 Å². The second-order valence-corrected chi connectivity index (χ2v) is 8.10. The van der Waals surface area contributed by atoms with Gasteiger partial charge < -0.3 is 9.73 Å². The van der Waals surface area contributed by atoms with Gasteiger partial charge in [-0.1, -0.05) is 29.5 Å². The van der Waals surface area contributed by atoms with E-state index in [-0.39, 0.29) is 11.7 Å². The van der Waals surface area contributed by atoms with E-state index in [4.69, 9.17) is 4.42 Å². The number of rotatable bonds is 7. The molecule has 0 fully saturated rings. The molecule has 31 heavy (non-hydrogen) atoms. The molecule has 0 atom stereocenters. The lowest BCUT2D eigenvalue weighted by Gasteiger charge is -2.08. The first-order valence-corrected chi connectivity index (χ1v) is 11.0. The summed E-state index contributed by atoms with van der Waals surface area (Å²) in [6.07, 6.45) is 1.60. The molecule has 1 N–H and O–H groups in total. The Balaban J connectivity index is 1.46. The van der Waals surface area contributed by atoms with Gasteiger partial charge in [-0.05, 0) is 52.0 Å². The van der Waals surface area contributed by atoms with E-state index in [0.717, 1.165) is 22.8 Å². The SMILES string of the molecule is CCn1c(SCC(=O)Nc2c(C)nn(-c3ccc(C)cc3)c2C)nnc1-c1ccco1. The van der Waals surface area contributed by atoms with Gasteiger partial charge in [0.05, 0.1) is 34.8 Å². The van der Waals surface area contributed by atoms with Crippen LogP contribution in [-0.4, -0.2) is 36.2 Å². The number of aryl methyl sites for hydroxylation is 2. The summed E-state index contributed by atoms with van der Waals surface area (Å²) in [6, 6.07) is 11.8. The second kappa shape index (κ2) is 8.81.